The highest BCUT2D eigenvalue weighted by Gasteiger charge is 2.44. The van der Waals surface area contributed by atoms with Gasteiger partial charge in [-0.05, 0) is 19.3 Å². The Labute approximate surface area is 118 Å². The van der Waals surface area contributed by atoms with Crippen molar-refractivity contribution in [2.45, 2.75) is 38.4 Å². The lowest BCUT2D eigenvalue weighted by atomic mass is 9.78. The zero-order chi connectivity index (χ0) is 16.3. The maximum absolute atomic E-state index is 12.5. The predicted octanol–water partition coefficient (Wildman–Crippen LogP) is 3.32. The molecule has 21 heavy (non-hydrogen) atoms. The number of benzene rings is 1. The van der Waals surface area contributed by atoms with Crippen LogP contribution in [0.3, 0.4) is 0 Å². The van der Waals surface area contributed by atoms with Gasteiger partial charge in [0.25, 0.3) is 0 Å². The van der Waals surface area contributed by atoms with Crippen molar-refractivity contribution in [3.05, 3.63) is 30.3 Å². The molecule has 0 aliphatic rings. The monoisotopic (exact) mass is 314 g/mol. The number of rotatable bonds is 5. The standard InChI is InChI=1S/C12H13BF6O2/c1-8(11(14,15)16)20-13(10-6-4-3-5-7-10)21-9(2)12(17,18)19/h3-9H,1-2H3. The predicted molar refractivity (Wildman–Crippen MR) is 65.0 cm³/mol. The van der Waals surface area contributed by atoms with Crippen LogP contribution >= 0.6 is 0 Å². The Balaban J connectivity index is 2.91. The molecule has 0 aliphatic heterocycles. The summed E-state index contributed by atoms with van der Waals surface area (Å²) in [6.45, 7) is 1.41. The first-order valence-electron chi connectivity index (χ1n) is 6.01. The lowest BCUT2D eigenvalue weighted by Gasteiger charge is -2.25. The van der Waals surface area contributed by atoms with Crippen LogP contribution in [0.2, 0.25) is 0 Å². The fraction of sp³-hybridized carbons (Fsp3) is 0.500. The third-order valence-electron chi connectivity index (χ3n) is 2.65. The van der Waals surface area contributed by atoms with E-state index in [1.165, 1.54) is 24.3 Å². The third-order valence-corrected chi connectivity index (χ3v) is 2.65. The molecule has 2 unspecified atom stereocenters. The fourth-order valence-electron chi connectivity index (χ4n) is 1.32. The first kappa shape index (κ1) is 17.8. The topological polar surface area (TPSA) is 18.5 Å². The molecule has 0 spiro atoms. The van der Waals surface area contributed by atoms with Crippen LogP contribution in [-0.4, -0.2) is 31.7 Å². The van der Waals surface area contributed by atoms with Crippen molar-refractivity contribution in [1.29, 1.82) is 0 Å². The van der Waals surface area contributed by atoms with E-state index in [2.05, 4.69) is 9.31 Å². The Hall–Kier alpha value is -1.22. The molecule has 0 fully saturated rings. The Morgan fingerprint density at radius 3 is 1.52 bits per heavy atom. The molecule has 9 heteroatoms. The molecule has 0 N–H and O–H groups in total. The van der Waals surface area contributed by atoms with Crippen LogP contribution in [0, 0.1) is 0 Å². The van der Waals surface area contributed by atoms with Crippen molar-refractivity contribution in [3.63, 3.8) is 0 Å². The van der Waals surface area contributed by atoms with Crippen molar-refractivity contribution in [2.75, 3.05) is 0 Å². The lowest BCUT2D eigenvalue weighted by Crippen LogP contribution is -2.47. The highest BCUT2D eigenvalue weighted by Crippen LogP contribution is 2.26. The summed E-state index contributed by atoms with van der Waals surface area (Å²) in [6.07, 6.45) is -13.9. The molecule has 2 nitrogen and oxygen atoms in total. The molecule has 1 aromatic carbocycles. The average molecular weight is 314 g/mol. The maximum Gasteiger partial charge on any atom is 0.494 e. The molecule has 0 bridgehead atoms. The van der Waals surface area contributed by atoms with Gasteiger partial charge in [0.2, 0.25) is 0 Å². The molecular weight excluding hydrogens is 301 g/mol. The minimum Gasteiger partial charge on any atom is -0.396 e. The van der Waals surface area contributed by atoms with Gasteiger partial charge >= 0.3 is 19.5 Å². The Morgan fingerprint density at radius 2 is 1.19 bits per heavy atom. The maximum atomic E-state index is 12.5. The van der Waals surface area contributed by atoms with Crippen molar-refractivity contribution in [1.82, 2.24) is 0 Å². The van der Waals surface area contributed by atoms with Gasteiger partial charge in [0.15, 0.2) is 0 Å². The van der Waals surface area contributed by atoms with Crippen LogP contribution < -0.4 is 5.46 Å². The first-order chi connectivity index (χ1) is 9.51. The Morgan fingerprint density at radius 1 is 0.810 bits per heavy atom. The molecule has 118 valence electrons. The molecule has 0 amide bonds. The summed E-state index contributed by atoms with van der Waals surface area (Å²) in [7, 11) is -1.76. The van der Waals surface area contributed by atoms with Crippen molar-refractivity contribution >= 4 is 12.6 Å². The smallest absolute Gasteiger partial charge is 0.396 e. The van der Waals surface area contributed by atoms with Crippen molar-refractivity contribution in [3.8, 4) is 0 Å². The molecule has 0 radical (unpaired) electrons. The summed E-state index contributed by atoms with van der Waals surface area (Å²) in [5.74, 6) is 0. The van der Waals surface area contributed by atoms with Gasteiger partial charge in [0.1, 0.15) is 12.2 Å². The summed E-state index contributed by atoms with van der Waals surface area (Å²) in [5.41, 5.74) is 0.0738. The number of hydrogen-bond acceptors (Lipinski definition) is 2. The van der Waals surface area contributed by atoms with E-state index in [-0.39, 0.29) is 5.46 Å². The van der Waals surface area contributed by atoms with Crippen LogP contribution in [0.1, 0.15) is 13.8 Å². The van der Waals surface area contributed by atoms with Crippen molar-refractivity contribution in [2.24, 2.45) is 0 Å². The summed E-state index contributed by atoms with van der Waals surface area (Å²) in [5, 5.41) is 0. The molecule has 1 rings (SSSR count). The fourth-order valence-corrected chi connectivity index (χ4v) is 1.32. The van der Waals surface area contributed by atoms with E-state index >= 15 is 0 Å². The van der Waals surface area contributed by atoms with Gasteiger partial charge in [-0.25, -0.2) is 0 Å². The van der Waals surface area contributed by atoms with Crippen LogP contribution in [0.25, 0.3) is 0 Å². The average Bonchev–Trinajstić information content (AvgIpc) is 2.36. The Bertz CT molecular complexity index is 412. The van der Waals surface area contributed by atoms with Crippen LogP contribution in [-0.2, 0) is 9.31 Å². The highest BCUT2D eigenvalue weighted by molar-refractivity contribution is 6.61. The second-order valence-corrected chi connectivity index (χ2v) is 4.38. The number of alkyl halides is 6. The normalized spacial score (nSPS) is 15.6. The molecule has 0 aliphatic carbocycles. The summed E-state index contributed by atoms with van der Waals surface area (Å²) in [6, 6.07) is 7.16. The van der Waals surface area contributed by atoms with Crippen LogP contribution in [0.15, 0.2) is 30.3 Å². The van der Waals surface area contributed by atoms with Gasteiger partial charge in [-0.3, -0.25) is 0 Å². The molecule has 0 aromatic heterocycles. The second kappa shape index (κ2) is 6.70. The quantitative estimate of drug-likeness (QED) is 0.613. The van der Waals surface area contributed by atoms with Crippen molar-refractivity contribution < 1.29 is 35.7 Å². The van der Waals surface area contributed by atoms with E-state index in [0.717, 1.165) is 0 Å². The molecule has 0 saturated heterocycles. The highest BCUT2D eigenvalue weighted by atomic mass is 19.4. The van der Waals surface area contributed by atoms with Gasteiger partial charge < -0.3 is 9.31 Å². The zero-order valence-corrected chi connectivity index (χ0v) is 11.2. The SMILES string of the molecule is CC(OB(OC(C)C(F)(F)F)c1ccccc1)C(F)(F)F. The van der Waals surface area contributed by atoms with Gasteiger partial charge in [-0.15, -0.1) is 0 Å². The molecule has 1 aromatic rings. The molecular formula is C12H13BF6O2. The van der Waals surface area contributed by atoms with E-state index in [4.69, 9.17) is 0 Å². The number of hydrogen-bond donors (Lipinski definition) is 0. The van der Waals surface area contributed by atoms with E-state index in [0.29, 0.717) is 13.8 Å². The minimum absolute atomic E-state index is 0.0738. The summed E-state index contributed by atoms with van der Waals surface area (Å²) < 4.78 is 84.2. The van der Waals surface area contributed by atoms with Crippen LogP contribution in [0.5, 0.6) is 0 Å². The molecule has 0 saturated carbocycles. The van der Waals surface area contributed by atoms with Gasteiger partial charge in [0.05, 0.1) is 0 Å². The first-order valence-corrected chi connectivity index (χ1v) is 6.01. The van der Waals surface area contributed by atoms with Gasteiger partial charge in [-0.2, -0.15) is 26.3 Å². The van der Waals surface area contributed by atoms with Gasteiger partial charge in [0, 0.05) is 0 Å². The van der Waals surface area contributed by atoms with E-state index in [1.54, 1.807) is 6.07 Å². The molecule has 0 heterocycles. The van der Waals surface area contributed by atoms with E-state index in [9.17, 15) is 26.3 Å². The number of halogens is 6. The van der Waals surface area contributed by atoms with Gasteiger partial charge in [-0.1, -0.05) is 30.3 Å². The lowest BCUT2D eigenvalue weighted by molar-refractivity contribution is -0.207. The van der Waals surface area contributed by atoms with E-state index < -0.39 is 31.7 Å². The van der Waals surface area contributed by atoms with Crippen LogP contribution in [0.4, 0.5) is 26.3 Å². The minimum atomic E-state index is -4.70. The van der Waals surface area contributed by atoms with E-state index in [1.807, 2.05) is 0 Å². The second-order valence-electron chi connectivity index (χ2n) is 4.38. The third kappa shape index (κ3) is 5.58. The zero-order valence-electron chi connectivity index (χ0n) is 11.2. The summed E-state index contributed by atoms with van der Waals surface area (Å²) in [4.78, 5) is 0. The molecule has 2 atom stereocenters. The summed E-state index contributed by atoms with van der Waals surface area (Å²) >= 11 is 0. The Kier molecular flexibility index (Phi) is 5.69. The largest absolute Gasteiger partial charge is 0.494 e.